The zero-order valence-corrected chi connectivity index (χ0v) is 15.9. The van der Waals surface area contributed by atoms with Gasteiger partial charge in [-0.15, -0.1) is 0 Å². The number of nitrogens with one attached hydrogen (secondary N) is 1. The number of piperidine rings is 1. The maximum atomic E-state index is 12.5. The molecule has 0 saturated carbocycles. The maximum Gasteiger partial charge on any atom is 0.397 e. The largest absolute Gasteiger partial charge is 0.487 e. The standard InChI is InChI=1S/C20H26F3N3O2/c21-20(22,23)14-18(27)26-9-5-19(6-10-26)4-3-15-13-16(1-2-17(15)28-19)25-11-7-24-8-12-25/h1-2,13,24H,3-12,14H2. The van der Waals surface area contributed by atoms with E-state index in [4.69, 9.17) is 4.74 Å². The van der Waals surface area contributed by atoms with Crippen LogP contribution >= 0.6 is 0 Å². The van der Waals surface area contributed by atoms with Gasteiger partial charge in [0, 0.05) is 57.8 Å². The average molecular weight is 397 g/mol. The number of amides is 1. The minimum Gasteiger partial charge on any atom is -0.487 e. The van der Waals surface area contributed by atoms with E-state index in [2.05, 4.69) is 22.3 Å². The summed E-state index contributed by atoms with van der Waals surface area (Å²) in [4.78, 5) is 15.5. The molecule has 154 valence electrons. The quantitative estimate of drug-likeness (QED) is 0.834. The van der Waals surface area contributed by atoms with Crippen molar-refractivity contribution in [1.82, 2.24) is 10.2 Å². The second kappa shape index (κ2) is 7.46. The highest BCUT2D eigenvalue weighted by Gasteiger charge is 2.42. The predicted octanol–water partition coefficient (Wildman–Crippen LogP) is 2.73. The van der Waals surface area contributed by atoms with E-state index >= 15 is 0 Å². The van der Waals surface area contributed by atoms with Crippen molar-refractivity contribution in [1.29, 1.82) is 0 Å². The molecule has 1 spiro atoms. The second-order valence-corrected chi connectivity index (χ2v) is 7.99. The number of anilines is 1. The van der Waals surface area contributed by atoms with Crippen molar-refractivity contribution < 1.29 is 22.7 Å². The van der Waals surface area contributed by atoms with Gasteiger partial charge < -0.3 is 19.9 Å². The number of carbonyl (C=O) groups is 1. The Morgan fingerprint density at radius 3 is 2.50 bits per heavy atom. The lowest BCUT2D eigenvalue weighted by Crippen LogP contribution is -2.51. The van der Waals surface area contributed by atoms with Crippen LogP contribution in [-0.4, -0.2) is 61.9 Å². The number of likely N-dealkylation sites (tertiary alicyclic amines) is 1. The van der Waals surface area contributed by atoms with E-state index in [0.29, 0.717) is 25.9 Å². The third-order valence-electron chi connectivity index (χ3n) is 6.08. The first-order valence-electron chi connectivity index (χ1n) is 9.96. The molecule has 5 nitrogen and oxygen atoms in total. The Kier molecular flexibility index (Phi) is 5.16. The fourth-order valence-corrected chi connectivity index (χ4v) is 4.43. The molecule has 3 heterocycles. The molecule has 0 aromatic heterocycles. The van der Waals surface area contributed by atoms with Gasteiger partial charge in [-0.05, 0) is 36.6 Å². The highest BCUT2D eigenvalue weighted by atomic mass is 19.4. The first-order chi connectivity index (χ1) is 13.3. The van der Waals surface area contributed by atoms with Gasteiger partial charge in [0.25, 0.3) is 0 Å². The molecule has 0 aliphatic carbocycles. The Labute approximate surface area is 162 Å². The molecule has 0 bridgehead atoms. The van der Waals surface area contributed by atoms with Crippen LogP contribution in [0.15, 0.2) is 18.2 Å². The number of ether oxygens (including phenoxy) is 1. The fourth-order valence-electron chi connectivity index (χ4n) is 4.43. The van der Waals surface area contributed by atoms with E-state index in [1.54, 1.807) is 0 Å². The van der Waals surface area contributed by atoms with E-state index in [1.165, 1.54) is 16.2 Å². The summed E-state index contributed by atoms with van der Waals surface area (Å²) in [5.41, 5.74) is 2.04. The lowest BCUT2D eigenvalue weighted by Gasteiger charge is -2.45. The summed E-state index contributed by atoms with van der Waals surface area (Å²) >= 11 is 0. The molecule has 1 amide bonds. The Morgan fingerprint density at radius 1 is 1.11 bits per heavy atom. The summed E-state index contributed by atoms with van der Waals surface area (Å²) in [6.45, 7) is 4.60. The van der Waals surface area contributed by atoms with E-state index in [-0.39, 0.29) is 5.60 Å². The van der Waals surface area contributed by atoms with Crippen LogP contribution in [-0.2, 0) is 11.2 Å². The Morgan fingerprint density at radius 2 is 1.82 bits per heavy atom. The first kappa shape index (κ1) is 19.4. The van der Waals surface area contributed by atoms with Crippen LogP contribution in [0.5, 0.6) is 5.75 Å². The van der Waals surface area contributed by atoms with E-state index in [1.807, 2.05) is 6.07 Å². The third-order valence-corrected chi connectivity index (χ3v) is 6.08. The van der Waals surface area contributed by atoms with Gasteiger partial charge in [-0.3, -0.25) is 4.79 Å². The molecule has 28 heavy (non-hydrogen) atoms. The molecule has 2 saturated heterocycles. The maximum absolute atomic E-state index is 12.5. The number of aryl methyl sites for hydroxylation is 1. The molecule has 1 N–H and O–H groups in total. The minimum atomic E-state index is -4.45. The van der Waals surface area contributed by atoms with Crippen molar-refractivity contribution >= 4 is 11.6 Å². The van der Waals surface area contributed by atoms with E-state index in [9.17, 15) is 18.0 Å². The zero-order chi connectivity index (χ0) is 19.8. The molecule has 1 aromatic rings. The van der Waals surface area contributed by atoms with Gasteiger partial charge in [-0.25, -0.2) is 0 Å². The van der Waals surface area contributed by atoms with Crippen molar-refractivity contribution in [2.75, 3.05) is 44.2 Å². The van der Waals surface area contributed by atoms with Crippen LogP contribution in [0.25, 0.3) is 0 Å². The summed E-state index contributed by atoms with van der Waals surface area (Å²) < 4.78 is 43.7. The van der Waals surface area contributed by atoms with Crippen LogP contribution < -0.4 is 15.0 Å². The van der Waals surface area contributed by atoms with Crippen molar-refractivity contribution in [3.63, 3.8) is 0 Å². The van der Waals surface area contributed by atoms with Gasteiger partial charge in [-0.2, -0.15) is 13.2 Å². The Balaban J connectivity index is 1.38. The minimum absolute atomic E-state index is 0.323. The van der Waals surface area contributed by atoms with Crippen molar-refractivity contribution in [2.24, 2.45) is 0 Å². The normalized spacial score (nSPS) is 22.0. The predicted molar refractivity (Wildman–Crippen MR) is 99.7 cm³/mol. The van der Waals surface area contributed by atoms with Crippen LogP contribution in [0.1, 0.15) is 31.2 Å². The fraction of sp³-hybridized carbons (Fsp3) is 0.650. The number of benzene rings is 1. The molecule has 0 unspecified atom stereocenters. The molecule has 2 fully saturated rings. The monoisotopic (exact) mass is 397 g/mol. The molecule has 8 heteroatoms. The Hall–Kier alpha value is -1.96. The number of hydrogen-bond acceptors (Lipinski definition) is 4. The van der Waals surface area contributed by atoms with Crippen LogP contribution in [0, 0.1) is 0 Å². The topological polar surface area (TPSA) is 44.8 Å². The van der Waals surface area contributed by atoms with Gasteiger partial charge in [0.15, 0.2) is 0 Å². The smallest absolute Gasteiger partial charge is 0.397 e. The molecule has 3 aliphatic rings. The number of fused-ring (bicyclic) bond motifs is 1. The van der Waals surface area contributed by atoms with E-state index in [0.717, 1.165) is 44.8 Å². The van der Waals surface area contributed by atoms with Crippen LogP contribution in [0.2, 0.25) is 0 Å². The summed E-state index contributed by atoms with van der Waals surface area (Å²) in [6, 6.07) is 6.31. The highest BCUT2D eigenvalue weighted by molar-refractivity contribution is 5.77. The number of piperazine rings is 1. The third kappa shape index (κ3) is 4.21. The molecular weight excluding hydrogens is 371 g/mol. The van der Waals surface area contributed by atoms with Gasteiger partial charge in [0.05, 0.1) is 0 Å². The number of rotatable bonds is 2. The lowest BCUT2D eigenvalue weighted by atomic mass is 9.83. The first-order valence-corrected chi connectivity index (χ1v) is 9.96. The summed E-state index contributed by atoms with van der Waals surface area (Å²) in [6.07, 6.45) is -2.93. The van der Waals surface area contributed by atoms with E-state index < -0.39 is 18.5 Å². The van der Waals surface area contributed by atoms with Crippen molar-refractivity contribution in [3.8, 4) is 5.75 Å². The molecule has 0 atom stereocenters. The number of carbonyl (C=O) groups excluding carboxylic acids is 1. The highest BCUT2D eigenvalue weighted by Crippen LogP contribution is 2.41. The number of hydrogen-bond donors (Lipinski definition) is 1. The van der Waals surface area contributed by atoms with Crippen LogP contribution in [0.3, 0.4) is 0 Å². The lowest BCUT2D eigenvalue weighted by molar-refractivity contribution is -0.163. The summed E-state index contributed by atoms with van der Waals surface area (Å²) in [5, 5.41) is 3.35. The SMILES string of the molecule is O=C(CC(F)(F)F)N1CCC2(CCc3cc(N4CCNCC4)ccc3O2)CC1. The molecule has 0 radical (unpaired) electrons. The molecular formula is C20H26F3N3O2. The second-order valence-electron chi connectivity index (χ2n) is 7.99. The number of halogens is 3. The Bertz CT molecular complexity index is 724. The molecule has 1 aromatic carbocycles. The van der Waals surface area contributed by atoms with Gasteiger partial charge in [0.2, 0.25) is 5.91 Å². The summed E-state index contributed by atoms with van der Waals surface area (Å²) in [7, 11) is 0. The van der Waals surface area contributed by atoms with Gasteiger partial charge in [0.1, 0.15) is 17.8 Å². The van der Waals surface area contributed by atoms with Crippen molar-refractivity contribution in [3.05, 3.63) is 23.8 Å². The number of nitrogens with zero attached hydrogens (tertiary/aromatic N) is 2. The molecule has 3 aliphatic heterocycles. The van der Waals surface area contributed by atoms with Gasteiger partial charge in [-0.1, -0.05) is 0 Å². The molecule has 4 rings (SSSR count). The number of alkyl halides is 3. The van der Waals surface area contributed by atoms with Gasteiger partial charge >= 0.3 is 6.18 Å². The van der Waals surface area contributed by atoms with Crippen molar-refractivity contribution in [2.45, 2.75) is 43.9 Å². The summed E-state index contributed by atoms with van der Waals surface area (Å²) in [5.74, 6) is 0.0411. The van der Waals surface area contributed by atoms with Crippen LogP contribution in [0.4, 0.5) is 18.9 Å². The average Bonchev–Trinajstić information content (AvgIpc) is 2.67. The zero-order valence-electron chi connectivity index (χ0n) is 15.9.